The summed E-state index contributed by atoms with van der Waals surface area (Å²) in [6, 6.07) is 14.5. The van der Waals surface area contributed by atoms with E-state index in [0.717, 1.165) is 17.3 Å². The number of carbonyl (C=O) groups excluding carboxylic acids is 1. The van der Waals surface area contributed by atoms with E-state index in [4.69, 9.17) is 24.4 Å². The van der Waals surface area contributed by atoms with Crippen molar-refractivity contribution in [2.75, 3.05) is 13.1 Å². The van der Waals surface area contributed by atoms with Gasteiger partial charge in [-0.2, -0.15) is 0 Å². The van der Waals surface area contributed by atoms with Crippen molar-refractivity contribution >= 4 is 51.3 Å². The summed E-state index contributed by atoms with van der Waals surface area (Å²) in [5.41, 5.74) is 0.453. The third-order valence-electron chi connectivity index (χ3n) is 3.23. The fraction of sp³-hybridized carbons (Fsp3) is 0.133. The third kappa shape index (κ3) is 2.86. The average molecular weight is 314 g/mol. The molecule has 2 N–H and O–H groups in total. The van der Waals surface area contributed by atoms with Gasteiger partial charge in [-0.25, -0.2) is 0 Å². The van der Waals surface area contributed by atoms with E-state index in [1.54, 1.807) is 11.0 Å². The number of thiocarbonyl (C=S) groups is 2. The second-order valence-electron chi connectivity index (χ2n) is 4.60. The van der Waals surface area contributed by atoms with E-state index in [1.807, 2.05) is 30.3 Å². The first kappa shape index (κ1) is 13.9. The lowest BCUT2D eigenvalue weighted by Crippen LogP contribution is -2.44. The molecule has 0 bridgehead atoms. The summed E-state index contributed by atoms with van der Waals surface area (Å²) in [4.78, 5) is 13.9. The van der Waals surface area contributed by atoms with Gasteiger partial charge in [-0.1, -0.05) is 30.3 Å². The Morgan fingerprint density at radius 1 is 1.29 bits per heavy atom. The number of benzene rings is 2. The van der Waals surface area contributed by atoms with E-state index >= 15 is 0 Å². The molecule has 1 amide bonds. The standard InChI is InChI=1S/C15H12N3OS2/c19-13(17-15(21)18-8-7-16-14(18)20)12-6-5-10-3-1-2-4-11(10)9-12/h1-6H,7-8H2,(H,16,20)(H,17,19,21). The molecule has 3 rings (SSSR count). The molecule has 1 saturated heterocycles. The molecule has 2 aromatic rings. The maximum Gasteiger partial charge on any atom is 0.258 e. The number of hydrogen-bond acceptors (Lipinski definition) is 3. The summed E-state index contributed by atoms with van der Waals surface area (Å²) in [6.45, 7) is 1.40. The highest BCUT2D eigenvalue weighted by Crippen LogP contribution is 2.14. The number of amides is 1. The molecule has 0 aromatic heterocycles. The van der Waals surface area contributed by atoms with Crippen molar-refractivity contribution in [2.45, 2.75) is 0 Å². The highest BCUT2D eigenvalue weighted by Gasteiger charge is 2.21. The second kappa shape index (κ2) is 5.75. The first-order valence-corrected chi connectivity index (χ1v) is 7.28. The molecule has 0 unspecified atom stereocenters. The molecule has 0 aliphatic carbocycles. The van der Waals surface area contributed by atoms with Gasteiger partial charge in [-0.15, -0.1) is 0 Å². The van der Waals surface area contributed by atoms with Crippen molar-refractivity contribution in [2.24, 2.45) is 0 Å². The van der Waals surface area contributed by atoms with Gasteiger partial charge >= 0.3 is 0 Å². The Morgan fingerprint density at radius 3 is 2.86 bits per heavy atom. The molecule has 4 nitrogen and oxygen atoms in total. The van der Waals surface area contributed by atoms with Crippen molar-refractivity contribution < 1.29 is 4.79 Å². The molecule has 1 radical (unpaired) electrons. The molecule has 1 aliphatic heterocycles. The zero-order valence-corrected chi connectivity index (χ0v) is 12.7. The topological polar surface area (TPSA) is 44.4 Å². The van der Waals surface area contributed by atoms with Crippen molar-refractivity contribution in [1.82, 2.24) is 15.5 Å². The Balaban J connectivity index is 1.77. The average Bonchev–Trinajstić information content (AvgIpc) is 2.93. The van der Waals surface area contributed by atoms with Crippen LogP contribution in [0.25, 0.3) is 10.8 Å². The molecule has 105 valence electrons. The van der Waals surface area contributed by atoms with E-state index in [2.05, 4.69) is 16.7 Å². The molecular weight excluding hydrogens is 302 g/mol. The number of hydrogen-bond donors (Lipinski definition) is 2. The Morgan fingerprint density at radius 2 is 2.10 bits per heavy atom. The van der Waals surface area contributed by atoms with Crippen LogP contribution in [0.5, 0.6) is 0 Å². The Labute approximate surface area is 133 Å². The number of carbonyl (C=O) groups is 1. The van der Waals surface area contributed by atoms with Crippen LogP contribution in [0.3, 0.4) is 0 Å². The van der Waals surface area contributed by atoms with E-state index in [-0.39, 0.29) is 5.91 Å². The van der Waals surface area contributed by atoms with Crippen molar-refractivity contribution in [3.8, 4) is 0 Å². The minimum atomic E-state index is -0.277. The van der Waals surface area contributed by atoms with Gasteiger partial charge in [0.2, 0.25) is 0 Å². The molecular formula is C15H12N3OS2. The molecule has 1 heterocycles. The first-order valence-electron chi connectivity index (χ1n) is 6.47. The Bertz CT molecular complexity index is 745. The largest absolute Gasteiger partial charge is 0.360 e. The summed E-state index contributed by atoms with van der Waals surface area (Å²) >= 11 is 10.3. The first-order chi connectivity index (χ1) is 10.1. The summed E-state index contributed by atoms with van der Waals surface area (Å²) < 4.78 is 0. The smallest absolute Gasteiger partial charge is 0.258 e. The zero-order valence-electron chi connectivity index (χ0n) is 11.1. The van der Waals surface area contributed by atoms with Gasteiger partial charge in [0.1, 0.15) is 0 Å². The van der Waals surface area contributed by atoms with Crippen LogP contribution < -0.4 is 10.6 Å². The van der Waals surface area contributed by atoms with Crippen LogP contribution in [0.4, 0.5) is 0 Å². The summed E-state index contributed by atoms with van der Waals surface area (Å²) in [5, 5.41) is 8.49. The fourth-order valence-electron chi connectivity index (χ4n) is 2.15. The second-order valence-corrected chi connectivity index (χ2v) is 5.38. The van der Waals surface area contributed by atoms with Gasteiger partial charge in [0.15, 0.2) is 10.2 Å². The summed E-state index contributed by atoms with van der Waals surface area (Å²) in [7, 11) is 0. The molecule has 21 heavy (non-hydrogen) atoms. The van der Waals surface area contributed by atoms with Gasteiger partial charge in [0.05, 0.1) is 0 Å². The fourth-order valence-corrected chi connectivity index (χ4v) is 2.76. The zero-order chi connectivity index (χ0) is 14.8. The predicted octanol–water partition coefficient (Wildman–Crippen LogP) is 1.84. The minimum absolute atomic E-state index is 0.277. The van der Waals surface area contributed by atoms with Gasteiger partial charge < -0.3 is 5.32 Å². The van der Waals surface area contributed by atoms with Crippen LogP contribution in [0.2, 0.25) is 0 Å². The molecule has 0 atom stereocenters. The van der Waals surface area contributed by atoms with Crippen molar-refractivity contribution in [3.63, 3.8) is 0 Å². The molecule has 0 saturated carbocycles. The Hall–Kier alpha value is -2.05. The van der Waals surface area contributed by atoms with Crippen molar-refractivity contribution in [1.29, 1.82) is 0 Å². The number of fused-ring (bicyclic) bond motifs is 1. The van der Waals surface area contributed by atoms with E-state index in [0.29, 0.717) is 22.3 Å². The van der Waals surface area contributed by atoms with Crippen LogP contribution >= 0.6 is 24.4 Å². The molecule has 1 fully saturated rings. The van der Waals surface area contributed by atoms with E-state index in [9.17, 15) is 4.79 Å². The minimum Gasteiger partial charge on any atom is -0.360 e. The van der Waals surface area contributed by atoms with Crippen LogP contribution in [-0.4, -0.2) is 34.1 Å². The highest BCUT2D eigenvalue weighted by atomic mass is 32.1. The quantitative estimate of drug-likeness (QED) is 0.787. The summed E-state index contributed by atoms with van der Waals surface area (Å²) in [6.07, 6.45) is 0. The molecule has 0 spiro atoms. The Kier molecular flexibility index (Phi) is 3.81. The van der Waals surface area contributed by atoms with E-state index < -0.39 is 0 Å². The molecule has 1 aliphatic rings. The lowest BCUT2D eigenvalue weighted by atomic mass is 10.1. The van der Waals surface area contributed by atoms with Gasteiger partial charge in [-0.05, 0) is 41.3 Å². The summed E-state index contributed by atoms with van der Waals surface area (Å²) in [5.74, 6) is -0.277. The SMILES string of the molecule is O=C(NC(=S)N1CCNC1=S)c1[c]c2ccccc2cc1. The highest BCUT2D eigenvalue weighted by molar-refractivity contribution is 7.81. The number of rotatable bonds is 1. The van der Waals surface area contributed by atoms with Gasteiger partial charge in [0.25, 0.3) is 5.91 Å². The van der Waals surface area contributed by atoms with Gasteiger partial charge in [0, 0.05) is 24.7 Å². The third-order valence-corrected chi connectivity index (χ3v) is 3.91. The van der Waals surface area contributed by atoms with Crippen LogP contribution in [0.15, 0.2) is 36.4 Å². The predicted molar refractivity (Wildman–Crippen MR) is 90.2 cm³/mol. The maximum atomic E-state index is 12.2. The van der Waals surface area contributed by atoms with Crippen LogP contribution in [0.1, 0.15) is 10.4 Å². The normalized spacial score (nSPS) is 14.1. The lowest BCUT2D eigenvalue weighted by Gasteiger charge is -2.17. The number of nitrogens with one attached hydrogen (secondary N) is 2. The lowest BCUT2D eigenvalue weighted by molar-refractivity contribution is 0.0975. The molecule has 6 heteroatoms. The monoisotopic (exact) mass is 314 g/mol. The maximum absolute atomic E-state index is 12.2. The van der Waals surface area contributed by atoms with E-state index in [1.165, 1.54) is 0 Å². The van der Waals surface area contributed by atoms with Crippen LogP contribution in [-0.2, 0) is 0 Å². The van der Waals surface area contributed by atoms with Gasteiger partial charge in [-0.3, -0.25) is 15.0 Å². The molecule has 2 aromatic carbocycles. The number of nitrogens with zero attached hydrogens (tertiary/aromatic N) is 1. The van der Waals surface area contributed by atoms with Crippen LogP contribution in [0, 0.1) is 6.07 Å². The van der Waals surface area contributed by atoms with Crippen molar-refractivity contribution in [3.05, 3.63) is 48.0 Å².